The van der Waals surface area contributed by atoms with Gasteiger partial charge in [-0.2, -0.15) is 5.26 Å². The van der Waals surface area contributed by atoms with Crippen LogP contribution >= 0.6 is 0 Å². The van der Waals surface area contributed by atoms with Crippen molar-refractivity contribution in [2.24, 2.45) is 0 Å². The van der Waals surface area contributed by atoms with Crippen molar-refractivity contribution in [2.75, 3.05) is 17.3 Å². The molecule has 0 bridgehead atoms. The number of sulfone groups is 1. The van der Waals surface area contributed by atoms with Gasteiger partial charge in [-0.15, -0.1) is 10.2 Å². The molecule has 1 aromatic carbocycles. The number of hydrogen-bond acceptors (Lipinski definition) is 6. The summed E-state index contributed by atoms with van der Waals surface area (Å²) in [5.74, 6) is 0.679. The lowest BCUT2D eigenvalue weighted by Gasteiger charge is -2.06. The number of nitriles is 1. The van der Waals surface area contributed by atoms with E-state index in [0.29, 0.717) is 12.2 Å². The number of nitrogens with one attached hydrogen (secondary N) is 1. The summed E-state index contributed by atoms with van der Waals surface area (Å²) < 4.78 is 22.2. The monoisotopic (exact) mass is 302 g/mol. The van der Waals surface area contributed by atoms with Crippen molar-refractivity contribution in [3.8, 4) is 6.07 Å². The molecule has 1 heterocycles. The molecule has 0 aliphatic carbocycles. The molecule has 0 fully saturated rings. The SMILES string of the molecule is CS(=O)(=O)CCc1ccc(Nc2ccc(C#N)nn2)cc1. The number of anilines is 2. The molecule has 0 atom stereocenters. The third-order valence-electron chi connectivity index (χ3n) is 2.77. The molecule has 108 valence electrons. The van der Waals surface area contributed by atoms with Crippen molar-refractivity contribution < 1.29 is 8.42 Å². The Morgan fingerprint density at radius 1 is 1.14 bits per heavy atom. The molecule has 0 saturated heterocycles. The summed E-state index contributed by atoms with van der Waals surface area (Å²) in [6.07, 6.45) is 1.72. The molecule has 7 heteroatoms. The Labute approximate surface area is 123 Å². The van der Waals surface area contributed by atoms with E-state index in [0.717, 1.165) is 11.3 Å². The van der Waals surface area contributed by atoms with Gasteiger partial charge in [0, 0.05) is 11.9 Å². The van der Waals surface area contributed by atoms with Gasteiger partial charge in [0.1, 0.15) is 15.9 Å². The number of benzene rings is 1. The topological polar surface area (TPSA) is 95.7 Å². The van der Waals surface area contributed by atoms with Gasteiger partial charge >= 0.3 is 0 Å². The summed E-state index contributed by atoms with van der Waals surface area (Å²) in [5.41, 5.74) is 2.03. The van der Waals surface area contributed by atoms with Crippen molar-refractivity contribution in [3.05, 3.63) is 47.7 Å². The maximum absolute atomic E-state index is 11.1. The molecular formula is C14H14N4O2S. The van der Waals surface area contributed by atoms with Crippen LogP contribution < -0.4 is 5.32 Å². The molecule has 0 amide bonds. The Hall–Kier alpha value is -2.46. The molecule has 21 heavy (non-hydrogen) atoms. The molecule has 0 aliphatic rings. The number of aryl methyl sites for hydroxylation is 1. The summed E-state index contributed by atoms with van der Waals surface area (Å²) in [7, 11) is -2.95. The zero-order valence-corrected chi connectivity index (χ0v) is 12.3. The lowest BCUT2D eigenvalue weighted by molar-refractivity contribution is 0.601. The smallest absolute Gasteiger partial charge is 0.163 e. The van der Waals surface area contributed by atoms with Crippen LogP contribution in [0.1, 0.15) is 11.3 Å². The van der Waals surface area contributed by atoms with E-state index in [1.807, 2.05) is 30.3 Å². The minimum Gasteiger partial charge on any atom is -0.339 e. The average Bonchev–Trinajstić information content (AvgIpc) is 2.46. The summed E-state index contributed by atoms with van der Waals surface area (Å²) >= 11 is 0. The second-order valence-electron chi connectivity index (χ2n) is 4.62. The molecule has 0 unspecified atom stereocenters. The van der Waals surface area contributed by atoms with Crippen LogP contribution in [0.4, 0.5) is 11.5 Å². The Bertz CT molecular complexity index is 747. The van der Waals surface area contributed by atoms with E-state index in [1.165, 1.54) is 6.26 Å². The van der Waals surface area contributed by atoms with Gasteiger partial charge in [0.05, 0.1) is 5.75 Å². The molecular weight excluding hydrogens is 288 g/mol. The number of hydrogen-bond donors (Lipinski definition) is 1. The van der Waals surface area contributed by atoms with Crippen LogP contribution in [0, 0.1) is 11.3 Å². The van der Waals surface area contributed by atoms with Crippen LogP contribution in [-0.2, 0) is 16.3 Å². The number of rotatable bonds is 5. The van der Waals surface area contributed by atoms with E-state index in [2.05, 4.69) is 15.5 Å². The van der Waals surface area contributed by atoms with Crippen molar-refractivity contribution in [1.29, 1.82) is 5.26 Å². The first kappa shape index (κ1) is 14.9. The first-order valence-corrected chi connectivity index (χ1v) is 8.30. The Balaban J connectivity index is 2.00. The fourth-order valence-electron chi connectivity index (χ4n) is 1.66. The van der Waals surface area contributed by atoms with Crippen LogP contribution in [0.3, 0.4) is 0 Å². The number of nitrogens with zero attached hydrogens (tertiary/aromatic N) is 3. The minimum absolute atomic E-state index is 0.140. The largest absolute Gasteiger partial charge is 0.339 e. The van der Waals surface area contributed by atoms with Crippen LogP contribution in [0.15, 0.2) is 36.4 Å². The zero-order valence-electron chi connectivity index (χ0n) is 11.4. The standard InChI is InChI=1S/C14H14N4O2S/c1-21(19,20)9-8-11-2-4-12(5-3-11)16-14-7-6-13(10-15)17-18-14/h2-7H,8-9H2,1H3,(H,16,18). The van der Waals surface area contributed by atoms with Crippen LogP contribution in [0.5, 0.6) is 0 Å². The highest BCUT2D eigenvalue weighted by molar-refractivity contribution is 7.90. The molecule has 1 N–H and O–H groups in total. The lowest BCUT2D eigenvalue weighted by Crippen LogP contribution is -2.05. The molecule has 6 nitrogen and oxygen atoms in total. The van der Waals surface area contributed by atoms with E-state index >= 15 is 0 Å². The second-order valence-corrected chi connectivity index (χ2v) is 6.88. The maximum atomic E-state index is 11.1. The van der Waals surface area contributed by atoms with Gasteiger partial charge < -0.3 is 5.32 Å². The maximum Gasteiger partial charge on any atom is 0.163 e. The predicted molar refractivity (Wildman–Crippen MR) is 79.9 cm³/mol. The summed E-state index contributed by atoms with van der Waals surface area (Å²) in [6.45, 7) is 0. The van der Waals surface area contributed by atoms with Gasteiger partial charge in [-0.3, -0.25) is 0 Å². The predicted octanol–water partition coefficient (Wildman–Crippen LogP) is 1.68. The fraction of sp³-hybridized carbons (Fsp3) is 0.214. The van der Waals surface area contributed by atoms with E-state index in [9.17, 15) is 8.42 Å². The van der Waals surface area contributed by atoms with E-state index in [-0.39, 0.29) is 11.4 Å². The van der Waals surface area contributed by atoms with Crippen LogP contribution in [-0.4, -0.2) is 30.6 Å². The van der Waals surface area contributed by atoms with Crippen molar-refractivity contribution in [1.82, 2.24) is 10.2 Å². The van der Waals surface area contributed by atoms with Gasteiger partial charge in [0.2, 0.25) is 0 Å². The van der Waals surface area contributed by atoms with Crippen LogP contribution in [0.25, 0.3) is 0 Å². The van der Waals surface area contributed by atoms with E-state index in [4.69, 9.17) is 5.26 Å². The van der Waals surface area contributed by atoms with Gasteiger partial charge in [0.15, 0.2) is 11.5 Å². The Kier molecular flexibility index (Phi) is 4.50. The van der Waals surface area contributed by atoms with Crippen molar-refractivity contribution >= 4 is 21.3 Å². The molecule has 0 radical (unpaired) electrons. The molecule has 2 rings (SSSR count). The first-order chi connectivity index (χ1) is 9.96. The van der Waals surface area contributed by atoms with Gasteiger partial charge in [-0.05, 0) is 36.2 Å². The highest BCUT2D eigenvalue weighted by atomic mass is 32.2. The molecule has 0 spiro atoms. The van der Waals surface area contributed by atoms with Gasteiger partial charge in [-0.25, -0.2) is 8.42 Å². The molecule has 0 aliphatic heterocycles. The molecule has 0 saturated carbocycles. The number of aromatic nitrogens is 2. The summed E-state index contributed by atoms with van der Waals surface area (Å²) in [5, 5.41) is 19.3. The normalized spacial score (nSPS) is 10.9. The second kappa shape index (κ2) is 6.33. The third kappa shape index (κ3) is 4.85. The van der Waals surface area contributed by atoms with Gasteiger partial charge in [-0.1, -0.05) is 12.1 Å². The van der Waals surface area contributed by atoms with Crippen LogP contribution in [0.2, 0.25) is 0 Å². The van der Waals surface area contributed by atoms with Gasteiger partial charge in [0.25, 0.3) is 0 Å². The van der Waals surface area contributed by atoms with E-state index < -0.39 is 9.84 Å². The summed E-state index contributed by atoms with van der Waals surface area (Å²) in [4.78, 5) is 0. The quantitative estimate of drug-likeness (QED) is 0.902. The average molecular weight is 302 g/mol. The van der Waals surface area contributed by atoms with Crippen molar-refractivity contribution in [3.63, 3.8) is 0 Å². The highest BCUT2D eigenvalue weighted by Crippen LogP contribution is 2.15. The zero-order chi connectivity index (χ0) is 15.3. The fourth-order valence-corrected chi connectivity index (χ4v) is 2.27. The Morgan fingerprint density at radius 2 is 1.86 bits per heavy atom. The van der Waals surface area contributed by atoms with Crippen molar-refractivity contribution in [2.45, 2.75) is 6.42 Å². The molecule has 2 aromatic rings. The lowest BCUT2D eigenvalue weighted by atomic mass is 10.1. The first-order valence-electron chi connectivity index (χ1n) is 6.24. The van der Waals surface area contributed by atoms with E-state index in [1.54, 1.807) is 12.1 Å². The minimum atomic E-state index is -2.95. The third-order valence-corrected chi connectivity index (χ3v) is 3.71. The molecule has 1 aromatic heterocycles. The highest BCUT2D eigenvalue weighted by Gasteiger charge is 2.03. The Morgan fingerprint density at radius 3 is 2.38 bits per heavy atom. The summed E-state index contributed by atoms with van der Waals surface area (Å²) in [6, 6.07) is 12.6.